The lowest BCUT2D eigenvalue weighted by molar-refractivity contribution is -0.384. The van der Waals surface area contributed by atoms with Gasteiger partial charge in [0.2, 0.25) is 5.90 Å². The Kier molecular flexibility index (Phi) is 5.77. The Labute approximate surface area is 182 Å². The molecule has 0 amide bonds. The van der Waals surface area contributed by atoms with Gasteiger partial charge in [-0.05, 0) is 35.4 Å². The summed E-state index contributed by atoms with van der Waals surface area (Å²) in [5.74, 6) is -0.000148. The lowest BCUT2D eigenvalue weighted by atomic mass is 10.2. The van der Waals surface area contributed by atoms with E-state index in [1.54, 1.807) is 12.1 Å². The molecular formula is C23H15ClN2O5. The molecule has 0 unspecified atom stereocenters. The van der Waals surface area contributed by atoms with Crippen LogP contribution in [0.2, 0.25) is 5.02 Å². The highest BCUT2D eigenvalue weighted by Crippen LogP contribution is 2.27. The Bertz CT molecular complexity index is 1220. The van der Waals surface area contributed by atoms with Gasteiger partial charge in [-0.3, -0.25) is 10.1 Å². The molecule has 0 fully saturated rings. The van der Waals surface area contributed by atoms with E-state index in [2.05, 4.69) is 4.99 Å². The van der Waals surface area contributed by atoms with E-state index in [0.717, 1.165) is 5.56 Å². The van der Waals surface area contributed by atoms with Gasteiger partial charge in [-0.15, -0.1) is 0 Å². The van der Waals surface area contributed by atoms with Gasteiger partial charge < -0.3 is 9.47 Å². The van der Waals surface area contributed by atoms with Crippen LogP contribution in [0.1, 0.15) is 16.7 Å². The second kappa shape index (κ2) is 8.81. The normalized spacial score (nSPS) is 14.3. The van der Waals surface area contributed by atoms with Crippen LogP contribution in [0.3, 0.4) is 0 Å². The van der Waals surface area contributed by atoms with Crippen molar-refractivity contribution in [3.8, 4) is 5.75 Å². The van der Waals surface area contributed by atoms with Crippen molar-refractivity contribution in [1.29, 1.82) is 0 Å². The average Bonchev–Trinajstić information content (AvgIpc) is 3.13. The standard InChI is InChI=1S/C23H15ClN2O5/c24-20-13-17(26(28)29)9-10-19(20)22-25-21(23(27)31-22)12-16-7-4-8-18(11-16)30-14-15-5-2-1-3-6-15/h1-13H,14H2. The van der Waals surface area contributed by atoms with E-state index >= 15 is 0 Å². The predicted octanol–water partition coefficient (Wildman–Crippen LogP) is 5.17. The van der Waals surface area contributed by atoms with Gasteiger partial charge in [0.25, 0.3) is 5.69 Å². The molecular weight excluding hydrogens is 420 g/mol. The Morgan fingerprint density at radius 1 is 1.06 bits per heavy atom. The number of ether oxygens (including phenoxy) is 2. The highest BCUT2D eigenvalue weighted by Gasteiger charge is 2.26. The van der Waals surface area contributed by atoms with Crippen molar-refractivity contribution in [3.05, 3.63) is 110 Å². The number of non-ortho nitro benzene ring substituents is 1. The molecule has 0 saturated carbocycles. The number of benzene rings is 3. The fraction of sp³-hybridized carbons (Fsp3) is 0.0435. The zero-order valence-electron chi connectivity index (χ0n) is 16.0. The van der Waals surface area contributed by atoms with Crippen molar-refractivity contribution in [2.24, 2.45) is 4.99 Å². The molecule has 8 heteroatoms. The average molecular weight is 435 g/mol. The minimum atomic E-state index is -0.639. The van der Waals surface area contributed by atoms with E-state index in [1.165, 1.54) is 18.2 Å². The first-order chi connectivity index (χ1) is 15.0. The predicted molar refractivity (Wildman–Crippen MR) is 116 cm³/mol. The second-order valence-electron chi connectivity index (χ2n) is 6.60. The number of cyclic esters (lactones) is 1. The van der Waals surface area contributed by atoms with Crippen molar-refractivity contribution in [2.75, 3.05) is 0 Å². The van der Waals surface area contributed by atoms with Gasteiger partial charge in [0.1, 0.15) is 12.4 Å². The van der Waals surface area contributed by atoms with Crippen molar-refractivity contribution < 1.29 is 19.2 Å². The van der Waals surface area contributed by atoms with E-state index in [-0.39, 0.29) is 22.3 Å². The molecule has 0 bridgehead atoms. The molecule has 0 radical (unpaired) electrons. The molecule has 0 N–H and O–H groups in total. The lowest BCUT2D eigenvalue weighted by Gasteiger charge is -2.07. The summed E-state index contributed by atoms with van der Waals surface area (Å²) in [7, 11) is 0. The van der Waals surface area contributed by atoms with Crippen molar-refractivity contribution >= 4 is 35.2 Å². The number of nitrogens with zero attached hydrogens (tertiary/aromatic N) is 2. The largest absolute Gasteiger partial charge is 0.489 e. The van der Waals surface area contributed by atoms with Crippen molar-refractivity contribution in [3.63, 3.8) is 0 Å². The number of hydrogen-bond acceptors (Lipinski definition) is 6. The number of carbonyl (C=O) groups excluding carboxylic acids is 1. The maximum atomic E-state index is 12.3. The third-order valence-electron chi connectivity index (χ3n) is 4.42. The first kappa shape index (κ1) is 20.3. The van der Waals surface area contributed by atoms with Crippen LogP contribution in [0.15, 0.2) is 83.5 Å². The summed E-state index contributed by atoms with van der Waals surface area (Å²) in [4.78, 5) is 26.8. The van der Waals surface area contributed by atoms with Crippen LogP contribution in [-0.4, -0.2) is 16.8 Å². The zero-order chi connectivity index (χ0) is 21.8. The van der Waals surface area contributed by atoms with Crippen LogP contribution in [0.4, 0.5) is 5.69 Å². The quantitative estimate of drug-likeness (QED) is 0.231. The molecule has 0 aromatic heterocycles. The second-order valence-corrected chi connectivity index (χ2v) is 7.01. The highest BCUT2D eigenvalue weighted by molar-refractivity contribution is 6.34. The number of halogens is 1. The van der Waals surface area contributed by atoms with Gasteiger partial charge >= 0.3 is 5.97 Å². The first-order valence-corrected chi connectivity index (χ1v) is 9.61. The molecule has 0 atom stereocenters. The van der Waals surface area contributed by atoms with Crippen LogP contribution in [0, 0.1) is 10.1 Å². The Hall–Kier alpha value is -3.97. The summed E-state index contributed by atoms with van der Waals surface area (Å²) in [6, 6.07) is 20.8. The summed E-state index contributed by atoms with van der Waals surface area (Å²) in [6.45, 7) is 0.420. The molecule has 0 aliphatic carbocycles. The van der Waals surface area contributed by atoms with Gasteiger partial charge in [0, 0.05) is 12.1 Å². The van der Waals surface area contributed by atoms with Crippen LogP contribution in [0.5, 0.6) is 5.75 Å². The molecule has 0 saturated heterocycles. The zero-order valence-corrected chi connectivity index (χ0v) is 16.8. The molecule has 7 nitrogen and oxygen atoms in total. The maximum absolute atomic E-state index is 12.3. The molecule has 31 heavy (non-hydrogen) atoms. The van der Waals surface area contributed by atoms with Crippen LogP contribution in [-0.2, 0) is 16.1 Å². The summed E-state index contributed by atoms with van der Waals surface area (Å²) in [6.07, 6.45) is 1.57. The van der Waals surface area contributed by atoms with Crippen molar-refractivity contribution in [2.45, 2.75) is 6.61 Å². The molecule has 1 aliphatic rings. The number of nitro benzene ring substituents is 1. The maximum Gasteiger partial charge on any atom is 0.363 e. The van der Waals surface area contributed by atoms with Gasteiger partial charge in [-0.25, -0.2) is 9.79 Å². The van der Waals surface area contributed by atoms with Gasteiger partial charge in [0.15, 0.2) is 5.70 Å². The van der Waals surface area contributed by atoms with Crippen LogP contribution < -0.4 is 4.74 Å². The minimum absolute atomic E-state index is 0.00682. The fourth-order valence-electron chi connectivity index (χ4n) is 2.91. The summed E-state index contributed by atoms with van der Waals surface area (Å²) >= 11 is 6.10. The Morgan fingerprint density at radius 3 is 2.61 bits per heavy atom. The molecule has 3 aromatic carbocycles. The van der Waals surface area contributed by atoms with E-state index in [1.807, 2.05) is 48.5 Å². The van der Waals surface area contributed by atoms with Crippen LogP contribution in [0.25, 0.3) is 6.08 Å². The van der Waals surface area contributed by atoms with E-state index < -0.39 is 10.9 Å². The topological polar surface area (TPSA) is 91.0 Å². The van der Waals surface area contributed by atoms with E-state index in [4.69, 9.17) is 21.1 Å². The van der Waals surface area contributed by atoms with Gasteiger partial charge in [-0.1, -0.05) is 54.1 Å². The first-order valence-electron chi connectivity index (χ1n) is 9.23. The number of aliphatic imine (C=N–C) groups is 1. The summed E-state index contributed by atoms with van der Waals surface area (Å²) in [5.41, 5.74) is 1.97. The SMILES string of the molecule is O=C1OC(c2ccc([N+](=O)[O-])cc2Cl)=NC1=Cc1cccc(OCc2ccccc2)c1. The number of esters is 1. The Balaban J connectivity index is 1.54. The summed E-state index contributed by atoms with van der Waals surface area (Å²) < 4.78 is 11.0. The molecule has 3 aromatic rings. The molecule has 4 rings (SSSR count). The van der Waals surface area contributed by atoms with E-state index in [9.17, 15) is 14.9 Å². The monoisotopic (exact) mass is 434 g/mol. The molecule has 1 aliphatic heterocycles. The lowest BCUT2D eigenvalue weighted by Crippen LogP contribution is -2.06. The summed E-state index contributed by atoms with van der Waals surface area (Å²) in [5, 5.41) is 10.9. The number of nitro groups is 1. The Morgan fingerprint density at radius 2 is 1.87 bits per heavy atom. The van der Waals surface area contributed by atoms with Crippen LogP contribution >= 0.6 is 11.6 Å². The number of rotatable bonds is 6. The van der Waals surface area contributed by atoms with Gasteiger partial charge in [0.05, 0.1) is 15.5 Å². The number of hydrogen-bond donors (Lipinski definition) is 0. The number of carbonyl (C=O) groups is 1. The highest BCUT2D eigenvalue weighted by atomic mass is 35.5. The van der Waals surface area contributed by atoms with Gasteiger partial charge in [-0.2, -0.15) is 0 Å². The third kappa shape index (κ3) is 4.79. The molecule has 1 heterocycles. The third-order valence-corrected chi connectivity index (χ3v) is 4.74. The molecule has 154 valence electrons. The fourth-order valence-corrected chi connectivity index (χ4v) is 3.16. The van der Waals surface area contributed by atoms with Crippen molar-refractivity contribution in [1.82, 2.24) is 0 Å². The molecule has 0 spiro atoms. The van der Waals surface area contributed by atoms with E-state index in [0.29, 0.717) is 23.5 Å². The smallest absolute Gasteiger partial charge is 0.363 e. The minimum Gasteiger partial charge on any atom is -0.489 e.